The molecular weight excluding hydrogens is 473 g/mol. The number of benzene rings is 1. The summed E-state index contributed by atoms with van der Waals surface area (Å²) in [5.41, 5.74) is 0.583. The van der Waals surface area contributed by atoms with Crippen molar-refractivity contribution in [2.45, 2.75) is 6.42 Å². The van der Waals surface area contributed by atoms with Crippen molar-refractivity contribution >= 4 is 54.8 Å². The lowest BCUT2D eigenvalue weighted by Crippen LogP contribution is -2.41. The molecule has 1 aromatic carbocycles. The Morgan fingerprint density at radius 1 is 1.29 bits per heavy atom. The highest BCUT2D eigenvalue weighted by atomic mass is 79.9. The predicted octanol–water partition coefficient (Wildman–Crippen LogP) is 3.31. The van der Waals surface area contributed by atoms with Crippen LogP contribution in [0, 0.1) is 5.82 Å². The molecule has 2 aromatic rings. The Hall–Kier alpha value is -1.49. The van der Waals surface area contributed by atoms with Crippen LogP contribution in [-0.4, -0.2) is 61.0 Å². The van der Waals surface area contributed by atoms with Gasteiger partial charge in [-0.05, 0) is 47.1 Å². The van der Waals surface area contributed by atoms with Gasteiger partial charge in [0.15, 0.2) is 9.84 Å². The van der Waals surface area contributed by atoms with Crippen molar-refractivity contribution < 1.29 is 12.8 Å². The van der Waals surface area contributed by atoms with Crippen molar-refractivity contribution in [2.75, 3.05) is 48.3 Å². The van der Waals surface area contributed by atoms with Crippen molar-refractivity contribution in [1.29, 1.82) is 0 Å². The zero-order chi connectivity index (χ0) is 20.1. The summed E-state index contributed by atoms with van der Waals surface area (Å²) in [5, 5.41) is 6.26. The molecule has 1 saturated heterocycles. The standard InChI is InChI=1S/C17H20BrClFN5O2S/c18-13-11-22-17(23-12-2-3-15(20)14(19)10-12)24-16(13)21-4-1-5-25-6-8-28(26,27)9-7-25/h2-3,10-11H,1,4-9H2,(H2,21,22,23,24). The van der Waals surface area contributed by atoms with Gasteiger partial charge in [0.25, 0.3) is 0 Å². The van der Waals surface area contributed by atoms with E-state index in [0.717, 1.165) is 17.4 Å². The normalized spacial score (nSPS) is 16.7. The lowest BCUT2D eigenvalue weighted by molar-refractivity contribution is 0.294. The molecule has 1 fully saturated rings. The molecule has 7 nitrogen and oxygen atoms in total. The molecule has 0 radical (unpaired) electrons. The summed E-state index contributed by atoms with van der Waals surface area (Å²) in [4.78, 5) is 10.8. The second kappa shape index (κ2) is 9.34. The molecule has 28 heavy (non-hydrogen) atoms. The van der Waals surface area contributed by atoms with Crippen molar-refractivity contribution in [2.24, 2.45) is 0 Å². The van der Waals surface area contributed by atoms with Crippen molar-refractivity contribution in [3.63, 3.8) is 0 Å². The molecule has 0 spiro atoms. The summed E-state index contributed by atoms with van der Waals surface area (Å²) in [5.74, 6) is 0.972. The molecule has 1 aliphatic rings. The Kier molecular flexibility index (Phi) is 7.08. The summed E-state index contributed by atoms with van der Waals surface area (Å²) >= 11 is 9.20. The maximum Gasteiger partial charge on any atom is 0.229 e. The van der Waals surface area contributed by atoms with E-state index in [4.69, 9.17) is 11.6 Å². The van der Waals surface area contributed by atoms with Crippen LogP contribution < -0.4 is 10.6 Å². The highest BCUT2D eigenvalue weighted by Crippen LogP contribution is 2.24. The molecule has 1 aromatic heterocycles. The van der Waals surface area contributed by atoms with Crippen LogP contribution in [0.3, 0.4) is 0 Å². The van der Waals surface area contributed by atoms with Gasteiger partial charge < -0.3 is 15.5 Å². The number of aromatic nitrogens is 2. The van der Waals surface area contributed by atoms with Crippen LogP contribution in [0.1, 0.15) is 6.42 Å². The molecule has 1 aliphatic heterocycles. The first-order chi connectivity index (χ1) is 13.3. The van der Waals surface area contributed by atoms with Crippen molar-refractivity contribution in [3.8, 4) is 0 Å². The van der Waals surface area contributed by atoms with E-state index in [0.29, 0.717) is 37.1 Å². The monoisotopic (exact) mass is 491 g/mol. The first-order valence-corrected chi connectivity index (χ1v) is 11.7. The van der Waals surface area contributed by atoms with Crippen molar-refractivity contribution in [1.82, 2.24) is 14.9 Å². The number of sulfone groups is 1. The highest BCUT2D eigenvalue weighted by Gasteiger charge is 2.20. The minimum absolute atomic E-state index is 0.0194. The topological polar surface area (TPSA) is 87.2 Å². The molecule has 0 bridgehead atoms. The fourth-order valence-electron chi connectivity index (χ4n) is 2.74. The smallest absolute Gasteiger partial charge is 0.229 e. The number of rotatable bonds is 7. The molecule has 2 N–H and O–H groups in total. The van der Waals surface area contributed by atoms with E-state index < -0.39 is 15.7 Å². The fraction of sp³-hybridized carbons (Fsp3) is 0.412. The van der Waals surface area contributed by atoms with Gasteiger partial charge in [0.05, 0.1) is 21.0 Å². The van der Waals surface area contributed by atoms with E-state index >= 15 is 0 Å². The number of anilines is 3. The van der Waals surface area contributed by atoms with Gasteiger partial charge in [-0.3, -0.25) is 0 Å². The average Bonchev–Trinajstić information content (AvgIpc) is 2.65. The SMILES string of the molecule is O=S1(=O)CCN(CCCNc2nc(Nc3ccc(F)c(Cl)c3)ncc2Br)CC1. The lowest BCUT2D eigenvalue weighted by atomic mass is 10.3. The largest absolute Gasteiger partial charge is 0.369 e. The third kappa shape index (κ3) is 6.00. The molecule has 3 rings (SSSR count). The Labute approximate surface area is 176 Å². The van der Waals surface area contributed by atoms with Gasteiger partial charge in [-0.15, -0.1) is 0 Å². The maximum absolute atomic E-state index is 13.3. The summed E-state index contributed by atoms with van der Waals surface area (Å²) in [6, 6.07) is 4.29. The van der Waals surface area contributed by atoms with Crippen LogP contribution in [0.4, 0.5) is 21.8 Å². The van der Waals surface area contributed by atoms with Crippen LogP contribution in [0.5, 0.6) is 0 Å². The van der Waals surface area contributed by atoms with Gasteiger partial charge in [0, 0.05) is 31.5 Å². The van der Waals surface area contributed by atoms with Gasteiger partial charge >= 0.3 is 0 Å². The van der Waals surface area contributed by atoms with Gasteiger partial charge in [0.2, 0.25) is 5.95 Å². The molecule has 0 saturated carbocycles. The molecule has 0 aliphatic carbocycles. The Balaban J connectivity index is 1.51. The molecule has 0 atom stereocenters. The van der Waals surface area contributed by atoms with E-state index in [9.17, 15) is 12.8 Å². The number of hydrogen-bond donors (Lipinski definition) is 2. The summed E-state index contributed by atoms with van der Waals surface area (Å²) < 4.78 is 36.9. The number of nitrogens with one attached hydrogen (secondary N) is 2. The van der Waals surface area contributed by atoms with Crippen LogP contribution in [0.15, 0.2) is 28.9 Å². The van der Waals surface area contributed by atoms with Gasteiger partial charge in [-0.1, -0.05) is 11.6 Å². The third-order valence-corrected chi connectivity index (χ3v) is 6.78. The Bertz CT molecular complexity index is 933. The minimum Gasteiger partial charge on any atom is -0.369 e. The van der Waals surface area contributed by atoms with Gasteiger partial charge in [-0.2, -0.15) is 4.98 Å². The molecule has 2 heterocycles. The van der Waals surface area contributed by atoms with Crippen LogP contribution in [-0.2, 0) is 9.84 Å². The van der Waals surface area contributed by atoms with Crippen LogP contribution in [0.2, 0.25) is 5.02 Å². The number of halogens is 3. The quantitative estimate of drug-likeness (QED) is 0.573. The Morgan fingerprint density at radius 2 is 2.04 bits per heavy atom. The zero-order valence-electron chi connectivity index (χ0n) is 15.0. The predicted molar refractivity (Wildman–Crippen MR) is 113 cm³/mol. The van der Waals surface area contributed by atoms with E-state index in [-0.39, 0.29) is 16.5 Å². The number of hydrogen-bond acceptors (Lipinski definition) is 7. The summed E-state index contributed by atoms with van der Waals surface area (Å²) in [6.07, 6.45) is 2.48. The van der Waals surface area contributed by atoms with E-state index in [1.54, 1.807) is 12.3 Å². The molecule has 0 amide bonds. The fourth-order valence-corrected chi connectivity index (χ4v) is 4.53. The molecule has 152 valence electrons. The van der Waals surface area contributed by atoms with Gasteiger partial charge in [0.1, 0.15) is 11.6 Å². The van der Waals surface area contributed by atoms with E-state index in [1.807, 2.05) is 0 Å². The minimum atomic E-state index is -2.85. The first kappa shape index (κ1) is 21.2. The molecular formula is C17H20BrClFN5O2S. The van der Waals surface area contributed by atoms with Crippen molar-refractivity contribution in [3.05, 3.63) is 39.7 Å². The zero-order valence-corrected chi connectivity index (χ0v) is 18.1. The molecule has 11 heteroatoms. The second-order valence-corrected chi connectivity index (χ2v) is 9.98. The first-order valence-electron chi connectivity index (χ1n) is 8.74. The van der Waals surface area contributed by atoms with E-state index in [1.165, 1.54) is 12.1 Å². The number of nitrogens with zero attached hydrogens (tertiary/aromatic N) is 3. The summed E-state index contributed by atoms with van der Waals surface area (Å²) in [6.45, 7) is 2.69. The highest BCUT2D eigenvalue weighted by molar-refractivity contribution is 9.10. The van der Waals surface area contributed by atoms with Crippen LogP contribution in [0.25, 0.3) is 0 Å². The average molecular weight is 493 g/mol. The Morgan fingerprint density at radius 3 is 2.75 bits per heavy atom. The maximum atomic E-state index is 13.3. The lowest BCUT2D eigenvalue weighted by Gasteiger charge is -2.26. The molecule has 0 unspecified atom stereocenters. The summed E-state index contributed by atoms with van der Waals surface area (Å²) in [7, 11) is -2.85. The van der Waals surface area contributed by atoms with E-state index in [2.05, 4.69) is 41.4 Å². The van der Waals surface area contributed by atoms with Gasteiger partial charge in [-0.25, -0.2) is 17.8 Å². The van der Waals surface area contributed by atoms with Crippen LogP contribution >= 0.6 is 27.5 Å². The third-order valence-electron chi connectivity index (χ3n) is 4.30. The second-order valence-electron chi connectivity index (χ2n) is 6.42.